The van der Waals surface area contributed by atoms with Crippen LogP contribution < -0.4 is 0 Å². The van der Waals surface area contributed by atoms with Gasteiger partial charge < -0.3 is 5.11 Å². The molecule has 18 heavy (non-hydrogen) atoms. The van der Waals surface area contributed by atoms with E-state index in [-0.39, 0.29) is 12.5 Å². The van der Waals surface area contributed by atoms with Crippen LogP contribution in [0.2, 0.25) is 0 Å². The zero-order chi connectivity index (χ0) is 13.0. The van der Waals surface area contributed by atoms with Gasteiger partial charge in [-0.1, -0.05) is 29.8 Å². The molecule has 0 amide bonds. The van der Waals surface area contributed by atoms with Gasteiger partial charge in [-0.05, 0) is 38.2 Å². The minimum Gasteiger partial charge on any atom is -0.396 e. The lowest BCUT2D eigenvalue weighted by molar-refractivity contribution is 0.225. The number of aliphatic hydroxyl groups is 1. The molecule has 0 bridgehead atoms. The molecule has 2 rings (SSSR count). The molecular weight excluding hydrogens is 242 g/mol. The van der Waals surface area contributed by atoms with Gasteiger partial charge in [0.25, 0.3) is 0 Å². The lowest BCUT2D eigenvalue weighted by Crippen LogP contribution is -2.12. The number of hydrogen-bond acceptors (Lipinski definition) is 3. The number of nitrogens with zero attached hydrogens (tertiary/aromatic N) is 1. The molecule has 1 N–H and O–H groups in total. The minimum atomic E-state index is 0.227. The van der Waals surface area contributed by atoms with Gasteiger partial charge in [-0.15, -0.1) is 11.3 Å². The normalized spacial score (nSPS) is 12.6. The van der Waals surface area contributed by atoms with Crippen LogP contribution >= 0.6 is 11.3 Å². The predicted molar refractivity (Wildman–Crippen MR) is 76.0 cm³/mol. The summed E-state index contributed by atoms with van der Waals surface area (Å²) in [7, 11) is 0. The summed E-state index contributed by atoms with van der Waals surface area (Å²) in [5.74, 6) is 0.284. The second-order valence-corrected chi connectivity index (χ2v) is 6.11. The van der Waals surface area contributed by atoms with Crippen molar-refractivity contribution < 1.29 is 5.11 Å². The fourth-order valence-corrected chi connectivity index (χ4v) is 3.07. The number of rotatable bonds is 5. The lowest BCUT2D eigenvalue weighted by atomic mass is 9.96. The maximum Gasteiger partial charge on any atom is 0.0896 e. The van der Waals surface area contributed by atoms with Gasteiger partial charge in [-0.2, -0.15) is 0 Å². The van der Waals surface area contributed by atoms with E-state index in [1.807, 2.05) is 13.1 Å². The topological polar surface area (TPSA) is 33.1 Å². The molecule has 1 atom stereocenters. The van der Waals surface area contributed by atoms with Gasteiger partial charge in [0.1, 0.15) is 0 Å². The van der Waals surface area contributed by atoms with Gasteiger partial charge in [0, 0.05) is 17.7 Å². The molecule has 0 spiro atoms. The SMILES string of the molecule is Cc1cccc(CC(CO)Cc2cnc(C)s2)c1. The molecule has 0 saturated heterocycles. The van der Waals surface area contributed by atoms with Crippen molar-refractivity contribution in [1.82, 2.24) is 4.98 Å². The molecule has 1 aromatic heterocycles. The Kier molecular flexibility index (Phi) is 4.50. The number of benzene rings is 1. The van der Waals surface area contributed by atoms with Gasteiger partial charge in [0.05, 0.1) is 5.01 Å². The average Bonchev–Trinajstić information content (AvgIpc) is 2.74. The molecule has 0 saturated carbocycles. The third kappa shape index (κ3) is 3.65. The molecule has 1 aromatic carbocycles. The minimum absolute atomic E-state index is 0.227. The Morgan fingerprint density at radius 3 is 2.72 bits per heavy atom. The van der Waals surface area contributed by atoms with E-state index in [1.54, 1.807) is 11.3 Å². The highest BCUT2D eigenvalue weighted by molar-refractivity contribution is 7.11. The van der Waals surface area contributed by atoms with Crippen LogP contribution in [0.5, 0.6) is 0 Å². The van der Waals surface area contributed by atoms with Crippen LogP contribution in [0, 0.1) is 19.8 Å². The smallest absolute Gasteiger partial charge is 0.0896 e. The highest BCUT2D eigenvalue weighted by Crippen LogP contribution is 2.19. The summed E-state index contributed by atoms with van der Waals surface area (Å²) >= 11 is 1.72. The van der Waals surface area contributed by atoms with Crippen molar-refractivity contribution in [3.8, 4) is 0 Å². The van der Waals surface area contributed by atoms with Crippen LogP contribution in [0.3, 0.4) is 0 Å². The Morgan fingerprint density at radius 1 is 1.28 bits per heavy atom. The zero-order valence-corrected chi connectivity index (χ0v) is 11.7. The first-order chi connectivity index (χ1) is 8.67. The fraction of sp³-hybridized carbons (Fsp3) is 0.400. The molecule has 0 aliphatic carbocycles. The zero-order valence-electron chi connectivity index (χ0n) is 10.9. The third-order valence-electron chi connectivity index (χ3n) is 3.02. The number of hydrogen-bond donors (Lipinski definition) is 1. The van der Waals surface area contributed by atoms with E-state index >= 15 is 0 Å². The Hall–Kier alpha value is -1.19. The number of aromatic nitrogens is 1. The van der Waals surface area contributed by atoms with Crippen LogP contribution in [-0.4, -0.2) is 16.7 Å². The summed E-state index contributed by atoms with van der Waals surface area (Å²) in [4.78, 5) is 5.53. The van der Waals surface area contributed by atoms with Crippen LogP contribution in [0.4, 0.5) is 0 Å². The molecule has 0 fully saturated rings. The van der Waals surface area contributed by atoms with E-state index in [2.05, 4.69) is 36.2 Å². The van der Waals surface area contributed by atoms with Crippen LogP contribution in [0.25, 0.3) is 0 Å². The number of aliphatic hydroxyl groups excluding tert-OH is 1. The average molecular weight is 261 g/mol. The Balaban J connectivity index is 2.01. The van der Waals surface area contributed by atoms with Crippen molar-refractivity contribution in [2.24, 2.45) is 5.92 Å². The molecule has 0 aliphatic rings. The highest BCUT2D eigenvalue weighted by atomic mass is 32.1. The summed E-state index contributed by atoms with van der Waals surface area (Å²) in [5.41, 5.74) is 2.58. The molecule has 96 valence electrons. The number of thiazole rings is 1. The van der Waals surface area contributed by atoms with E-state index < -0.39 is 0 Å². The quantitative estimate of drug-likeness (QED) is 0.897. The Bertz CT molecular complexity index is 507. The van der Waals surface area contributed by atoms with Crippen LogP contribution in [0.1, 0.15) is 21.0 Å². The van der Waals surface area contributed by atoms with Gasteiger partial charge >= 0.3 is 0 Å². The first-order valence-corrected chi connectivity index (χ1v) is 7.06. The first-order valence-electron chi connectivity index (χ1n) is 6.25. The van der Waals surface area contributed by atoms with Crippen molar-refractivity contribution >= 4 is 11.3 Å². The van der Waals surface area contributed by atoms with Gasteiger partial charge in [-0.25, -0.2) is 4.98 Å². The summed E-state index contributed by atoms with van der Waals surface area (Å²) in [6, 6.07) is 8.51. The predicted octanol–water partition coefficient (Wildman–Crippen LogP) is 3.15. The molecular formula is C15H19NOS. The van der Waals surface area contributed by atoms with Gasteiger partial charge in [0.2, 0.25) is 0 Å². The van der Waals surface area contributed by atoms with E-state index in [0.29, 0.717) is 0 Å². The van der Waals surface area contributed by atoms with Crippen molar-refractivity contribution in [1.29, 1.82) is 0 Å². The highest BCUT2D eigenvalue weighted by Gasteiger charge is 2.11. The third-order valence-corrected chi connectivity index (χ3v) is 3.96. The fourth-order valence-electron chi connectivity index (χ4n) is 2.16. The summed E-state index contributed by atoms with van der Waals surface area (Å²) in [6.45, 7) is 4.34. The maximum atomic E-state index is 9.51. The van der Waals surface area contributed by atoms with E-state index in [9.17, 15) is 5.11 Å². The van der Waals surface area contributed by atoms with Crippen molar-refractivity contribution in [3.05, 3.63) is 51.5 Å². The number of aryl methyl sites for hydroxylation is 2. The molecule has 0 radical (unpaired) electrons. The molecule has 1 unspecified atom stereocenters. The van der Waals surface area contributed by atoms with Crippen molar-refractivity contribution in [2.45, 2.75) is 26.7 Å². The van der Waals surface area contributed by atoms with E-state index in [1.165, 1.54) is 16.0 Å². The van der Waals surface area contributed by atoms with Crippen LogP contribution in [0.15, 0.2) is 30.5 Å². The van der Waals surface area contributed by atoms with Crippen molar-refractivity contribution in [3.63, 3.8) is 0 Å². The molecule has 2 aromatic rings. The molecule has 0 aliphatic heterocycles. The van der Waals surface area contributed by atoms with Crippen LogP contribution in [-0.2, 0) is 12.8 Å². The second kappa shape index (κ2) is 6.12. The van der Waals surface area contributed by atoms with E-state index in [4.69, 9.17) is 0 Å². The summed E-state index contributed by atoms with van der Waals surface area (Å²) in [5, 5.41) is 10.6. The summed E-state index contributed by atoms with van der Waals surface area (Å²) in [6.07, 6.45) is 3.77. The largest absolute Gasteiger partial charge is 0.396 e. The van der Waals surface area contributed by atoms with Crippen molar-refractivity contribution in [2.75, 3.05) is 6.61 Å². The van der Waals surface area contributed by atoms with Gasteiger partial charge in [-0.3, -0.25) is 0 Å². The first kappa shape index (κ1) is 13.2. The van der Waals surface area contributed by atoms with E-state index in [0.717, 1.165) is 17.8 Å². The lowest BCUT2D eigenvalue weighted by Gasteiger charge is -2.13. The standard InChI is InChI=1S/C15H19NOS/c1-11-4-3-5-13(6-11)7-14(10-17)8-15-9-16-12(2)18-15/h3-6,9,14,17H,7-8,10H2,1-2H3. The molecule has 3 heteroatoms. The Morgan fingerprint density at radius 2 is 2.11 bits per heavy atom. The molecule has 1 heterocycles. The Labute approximate surface area is 112 Å². The molecule has 2 nitrogen and oxygen atoms in total. The monoisotopic (exact) mass is 261 g/mol. The second-order valence-electron chi connectivity index (χ2n) is 4.79. The maximum absolute atomic E-state index is 9.51. The van der Waals surface area contributed by atoms with Gasteiger partial charge in [0.15, 0.2) is 0 Å². The summed E-state index contributed by atoms with van der Waals surface area (Å²) < 4.78 is 0.